The van der Waals surface area contributed by atoms with Crippen LogP contribution in [0.15, 0.2) is 0 Å². The standard InChI is InChI=1S/C18H27ClO7S/c19-18-4-3-6-22-8-10-24-12-14-26-16-15-25-13-11-23-9-7-21-5-1-2-17-27(18)20/h18H,3-4,6-16H2. The topological polar surface area (TPSA) is 72.5 Å². The predicted molar refractivity (Wildman–Crippen MR) is 103 cm³/mol. The average molecular weight is 423 g/mol. The maximum atomic E-state index is 11.8. The number of alkyl halides is 1. The Morgan fingerprint density at radius 2 is 1.19 bits per heavy atom. The molecule has 1 aliphatic heterocycles. The van der Waals surface area contributed by atoms with Gasteiger partial charge in [0, 0.05) is 23.7 Å². The molecule has 0 saturated heterocycles. The first kappa shape index (κ1) is 24.2. The molecule has 0 aromatic rings. The Bertz CT molecular complexity index is 509. The number of hydrogen-bond donors (Lipinski definition) is 0. The van der Waals surface area contributed by atoms with Gasteiger partial charge in [-0.15, -0.1) is 11.6 Å². The smallest absolute Gasteiger partial charge is 0.124 e. The molecule has 0 spiro atoms. The molecule has 7 nitrogen and oxygen atoms in total. The molecule has 1 aliphatic rings. The van der Waals surface area contributed by atoms with Crippen molar-refractivity contribution >= 4 is 22.4 Å². The zero-order chi connectivity index (χ0) is 19.4. The average Bonchev–Trinajstić information content (AvgIpc) is 2.67. The maximum absolute atomic E-state index is 11.8. The number of ether oxygens (including phenoxy) is 6. The first-order chi connectivity index (χ1) is 13.3. The Morgan fingerprint density at radius 3 is 1.74 bits per heavy atom. The summed E-state index contributed by atoms with van der Waals surface area (Å²) in [4.78, 5) is 0. The van der Waals surface area contributed by atoms with E-state index in [0.717, 1.165) is 0 Å². The highest BCUT2D eigenvalue weighted by Crippen LogP contribution is 2.09. The molecule has 2 atom stereocenters. The summed E-state index contributed by atoms with van der Waals surface area (Å²) in [6.45, 7) is 5.24. The molecule has 0 aliphatic carbocycles. The van der Waals surface area contributed by atoms with Crippen LogP contribution >= 0.6 is 11.6 Å². The van der Waals surface area contributed by atoms with Gasteiger partial charge in [0.1, 0.15) is 28.2 Å². The van der Waals surface area contributed by atoms with Gasteiger partial charge in [0.2, 0.25) is 0 Å². The van der Waals surface area contributed by atoms with Crippen molar-refractivity contribution in [2.75, 3.05) is 72.7 Å². The van der Waals surface area contributed by atoms with Crippen LogP contribution in [-0.4, -0.2) is 81.6 Å². The van der Waals surface area contributed by atoms with Crippen molar-refractivity contribution in [2.24, 2.45) is 0 Å². The fraction of sp³-hybridized carbons (Fsp3) is 0.778. The quantitative estimate of drug-likeness (QED) is 0.427. The van der Waals surface area contributed by atoms with Gasteiger partial charge in [-0.2, -0.15) is 0 Å². The molecule has 27 heavy (non-hydrogen) atoms. The van der Waals surface area contributed by atoms with Crippen molar-refractivity contribution in [1.29, 1.82) is 0 Å². The van der Waals surface area contributed by atoms with Crippen LogP contribution < -0.4 is 0 Å². The molecule has 0 fully saturated rings. The van der Waals surface area contributed by atoms with Crippen molar-refractivity contribution in [2.45, 2.75) is 17.6 Å². The van der Waals surface area contributed by atoms with E-state index in [1.54, 1.807) is 0 Å². The van der Waals surface area contributed by atoms with E-state index in [1.165, 1.54) is 0 Å². The lowest BCUT2D eigenvalue weighted by Gasteiger charge is -2.08. The van der Waals surface area contributed by atoms with E-state index in [2.05, 4.69) is 23.2 Å². The van der Waals surface area contributed by atoms with Crippen LogP contribution in [0.3, 0.4) is 0 Å². The van der Waals surface area contributed by atoms with Gasteiger partial charge in [0.05, 0.1) is 59.5 Å². The van der Waals surface area contributed by atoms with Gasteiger partial charge in [0.15, 0.2) is 0 Å². The summed E-state index contributed by atoms with van der Waals surface area (Å²) in [5, 5.41) is 2.51. The summed E-state index contributed by atoms with van der Waals surface area (Å²) < 4.78 is 43.2. The van der Waals surface area contributed by atoms with E-state index in [9.17, 15) is 4.21 Å². The summed E-state index contributed by atoms with van der Waals surface area (Å²) in [5.74, 6) is 4.96. The van der Waals surface area contributed by atoms with Crippen LogP contribution in [0.25, 0.3) is 0 Å². The molecule has 0 amide bonds. The maximum Gasteiger partial charge on any atom is 0.124 e. The SMILES string of the molecule is O=S1C#CC#COCCOCCOCCOCCOCCOCCCC1Cl. The van der Waals surface area contributed by atoms with E-state index in [1.807, 2.05) is 0 Å². The zero-order valence-corrected chi connectivity index (χ0v) is 17.0. The monoisotopic (exact) mass is 422 g/mol. The van der Waals surface area contributed by atoms with Crippen molar-refractivity contribution in [3.63, 3.8) is 0 Å². The van der Waals surface area contributed by atoms with Gasteiger partial charge in [-0.05, 0) is 12.8 Å². The number of rotatable bonds is 0. The van der Waals surface area contributed by atoms with E-state index in [-0.39, 0.29) is 0 Å². The molecule has 2 unspecified atom stereocenters. The first-order valence-corrected chi connectivity index (χ1v) is 10.5. The lowest BCUT2D eigenvalue weighted by Crippen LogP contribution is -2.14. The molecule has 0 aromatic heterocycles. The van der Waals surface area contributed by atoms with E-state index >= 15 is 0 Å². The van der Waals surface area contributed by atoms with Crippen LogP contribution in [0.4, 0.5) is 0 Å². The highest BCUT2D eigenvalue weighted by atomic mass is 35.5. The lowest BCUT2D eigenvalue weighted by molar-refractivity contribution is -0.0133. The second-order valence-corrected chi connectivity index (χ2v) is 7.37. The highest BCUT2D eigenvalue weighted by molar-refractivity contribution is 7.91. The molecule has 1 rings (SSSR count). The normalized spacial score (nSPS) is 26.0. The number of halogens is 1. The molecule has 0 bridgehead atoms. The van der Waals surface area contributed by atoms with Crippen LogP contribution in [0.2, 0.25) is 0 Å². The van der Waals surface area contributed by atoms with Crippen LogP contribution in [-0.2, 0) is 39.2 Å². The fourth-order valence-electron chi connectivity index (χ4n) is 1.79. The van der Waals surface area contributed by atoms with Crippen LogP contribution in [0.1, 0.15) is 12.8 Å². The van der Waals surface area contributed by atoms with Crippen LogP contribution in [0, 0.1) is 23.2 Å². The lowest BCUT2D eigenvalue weighted by atomic mass is 10.3. The van der Waals surface area contributed by atoms with Crippen molar-refractivity contribution < 1.29 is 32.6 Å². The van der Waals surface area contributed by atoms with Crippen molar-refractivity contribution in [3.05, 3.63) is 0 Å². The minimum Gasteiger partial charge on any atom is -0.443 e. The Labute approximate surface area is 168 Å². The Hall–Kier alpha value is -0.840. The third-order valence-electron chi connectivity index (χ3n) is 3.11. The van der Waals surface area contributed by atoms with Crippen molar-refractivity contribution in [3.8, 4) is 23.2 Å². The van der Waals surface area contributed by atoms with Crippen molar-refractivity contribution in [1.82, 2.24) is 0 Å². The minimum atomic E-state index is -1.47. The summed E-state index contributed by atoms with van der Waals surface area (Å²) in [5.41, 5.74) is 0. The Balaban J connectivity index is 2.29. The zero-order valence-electron chi connectivity index (χ0n) is 15.4. The molecule has 0 saturated carbocycles. The summed E-state index contributed by atoms with van der Waals surface area (Å²) in [6, 6.07) is 0. The molecular formula is C18H27ClO7S. The molecule has 0 radical (unpaired) electrons. The van der Waals surface area contributed by atoms with Gasteiger partial charge in [-0.25, -0.2) is 4.21 Å². The van der Waals surface area contributed by atoms with Gasteiger partial charge in [-0.3, -0.25) is 0 Å². The second-order valence-electron chi connectivity index (χ2n) is 5.21. The number of hydrogen-bond acceptors (Lipinski definition) is 7. The van der Waals surface area contributed by atoms with E-state index in [4.69, 9.17) is 40.0 Å². The predicted octanol–water partition coefficient (Wildman–Crippen LogP) is 1.12. The first-order valence-electron chi connectivity index (χ1n) is 8.86. The van der Waals surface area contributed by atoms with Gasteiger partial charge in [0.25, 0.3) is 0 Å². The molecule has 9 heteroatoms. The highest BCUT2D eigenvalue weighted by Gasteiger charge is 2.10. The van der Waals surface area contributed by atoms with E-state index in [0.29, 0.717) is 85.5 Å². The van der Waals surface area contributed by atoms with Gasteiger partial charge >= 0.3 is 0 Å². The second kappa shape index (κ2) is 18.5. The van der Waals surface area contributed by atoms with Crippen LogP contribution in [0.5, 0.6) is 0 Å². The third kappa shape index (κ3) is 15.9. The Kier molecular flexibility index (Phi) is 16.6. The molecular weight excluding hydrogens is 396 g/mol. The molecule has 0 N–H and O–H groups in total. The summed E-state index contributed by atoms with van der Waals surface area (Å²) in [7, 11) is -1.47. The third-order valence-corrected chi connectivity index (χ3v) is 4.81. The molecule has 0 aromatic carbocycles. The molecule has 154 valence electrons. The molecule has 1 heterocycles. The Morgan fingerprint density at radius 1 is 0.704 bits per heavy atom. The van der Waals surface area contributed by atoms with Gasteiger partial charge in [-0.1, -0.05) is 0 Å². The van der Waals surface area contributed by atoms with Gasteiger partial charge < -0.3 is 28.4 Å². The largest absolute Gasteiger partial charge is 0.443 e. The minimum absolute atomic E-state index is 0.318. The summed E-state index contributed by atoms with van der Waals surface area (Å²) >= 11 is 6.06. The fourth-order valence-corrected chi connectivity index (χ4v) is 2.74. The summed E-state index contributed by atoms with van der Waals surface area (Å²) in [6.07, 6.45) is 3.65. The van der Waals surface area contributed by atoms with E-state index < -0.39 is 15.5 Å².